The Morgan fingerprint density at radius 3 is 2.69 bits per heavy atom. The number of rotatable bonds is 12. The lowest BCUT2D eigenvalue weighted by Crippen LogP contribution is -2.54. The predicted molar refractivity (Wildman–Crippen MR) is 158 cm³/mol. The molecule has 0 radical (unpaired) electrons. The van der Waals surface area contributed by atoms with Crippen LogP contribution >= 0.6 is 11.3 Å². The maximum absolute atomic E-state index is 13.8. The second-order valence-electron chi connectivity index (χ2n) is 11.9. The lowest BCUT2D eigenvalue weighted by Gasteiger charge is -2.29. The van der Waals surface area contributed by atoms with Crippen molar-refractivity contribution in [1.82, 2.24) is 30.7 Å². The molecule has 1 aliphatic rings. The van der Waals surface area contributed by atoms with Gasteiger partial charge in [0.15, 0.2) is 6.61 Å². The molecule has 3 heterocycles. The number of ether oxygens (including phenoxy) is 1. The van der Waals surface area contributed by atoms with E-state index < -0.39 is 18.0 Å². The molecule has 2 atom stereocenters. The van der Waals surface area contributed by atoms with Crippen LogP contribution in [0.25, 0.3) is 0 Å². The van der Waals surface area contributed by atoms with Gasteiger partial charge in [0, 0.05) is 36.0 Å². The van der Waals surface area contributed by atoms with Crippen molar-refractivity contribution in [3.05, 3.63) is 58.1 Å². The van der Waals surface area contributed by atoms with E-state index in [0.717, 1.165) is 11.3 Å². The summed E-state index contributed by atoms with van der Waals surface area (Å²) in [7, 11) is 0. The van der Waals surface area contributed by atoms with Gasteiger partial charge in [0.25, 0.3) is 5.91 Å². The van der Waals surface area contributed by atoms with Gasteiger partial charge in [-0.05, 0) is 37.3 Å². The van der Waals surface area contributed by atoms with Crippen LogP contribution in [0.15, 0.2) is 40.5 Å². The first kappa shape index (κ1) is 31.1. The van der Waals surface area contributed by atoms with Gasteiger partial charge in [0.1, 0.15) is 17.8 Å². The molecule has 0 aliphatic carbocycles. The molecule has 3 amide bonds. The highest BCUT2D eigenvalue weighted by atomic mass is 32.1. The van der Waals surface area contributed by atoms with Crippen molar-refractivity contribution in [2.75, 3.05) is 13.1 Å². The minimum atomic E-state index is -0.789. The standard InChI is InChI=1S/C30H40N6O5S/c1-19(2)15-22(28(39)36-14-8-10-23(36)27(38)32-13-12-20-16-31-18-42-20)33-26(37)21-9-6-7-11-24(21)40-17-25-34-29(41-35-25)30(3,4)5/h6-7,9,11,16,18-19,22-23H,8,10,12-15,17H2,1-5H3,(H,32,38)(H,33,37)/t22-,23-/m1/s1. The topological polar surface area (TPSA) is 140 Å². The highest BCUT2D eigenvalue weighted by Gasteiger charge is 2.38. The Bertz CT molecular complexity index is 1350. The smallest absolute Gasteiger partial charge is 0.255 e. The maximum Gasteiger partial charge on any atom is 0.255 e. The van der Waals surface area contributed by atoms with Crippen LogP contribution in [0.5, 0.6) is 5.75 Å². The van der Waals surface area contributed by atoms with E-state index >= 15 is 0 Å². The molecule has 42 heavy (non-hydrogen) atoms. The number of thiazole rings is 1. The van der Waals surface area contributed by atoms with Gasteiger partial charge in [-0.25, -0.2) is 0 Å². The lowest BCUT2D eigenvalue weighted by atomic mass is 9.97. The molecule has 4 rings (SSSR count). The average Bonchev–Trinajstić information content (AvgIpc) is 3.73. The third-order valence-corrected chi connectivity index (χ3v) is 7.74. The Morgan fingerprint density at radius 2 is 2.00 bits per heavy atom. The number of nitrogens with one attached hydrogen (secondary N) is 2. The summed E-state index contributed by atoms with van der Waals surface area (Å²) in [6.45, 7) is 10.9. The Hall–Kier alpha value is -3.80. The van der Waals surface area contributed by atoms with Crippen molar-refractivity contribution in [3.63, 3.8) is 0 Å². The van der Waals surface area contributed by atoms with Crippen LogP contribution < -0.4 is 15.4 Å². The number of likely N-dealkylation sites (tertiary alicyclic amines) is 1. The Kier molecular flexibility index (Phi) is 10.3. The molecule has 3 aromatic rings. The van der Waals surface area contributed by atoms with Crippen molar-refractivity contribution in [1.29, 1.82) is 0 Å². The molecule has 0 spiro atoms. The van der Waals surface area contributed by atoms with Crippen LogP contribution in [-0.2, 0) is 28.0 Å². The molecule has 12 heteroatoms. The zero-order valence-electron chi connectivity index (χ0n) is 24.9. The molecule has 1 aliphatic heterocycles. The van der Waals surface area contributed by atoms with Crippen LogP contribution in [0.4, 0.5) is 0 Å². The second kappa shape index (κ2) is 13.9. The third-order valence-electron chi connectivity index (χ3n) is 6.90. The van der Waals surface area contributed by atoms with E-state index in [1.165, 1.54) is 0 Å². The number of hydrogen-bond acceptors (Lipinski definition) is 9. The van der Waals surface area contributed by atoms with Crippen molar-refractivity contribution < 1.29 is 23.6 Å². The first-order valence-corrected chi connectivity index (χ1v) is 15.2. The number of carbonyl (C=O) groups excluding carboxylic acids is 3. The first-order valence-electron chi connectivity index (χ1n) is 14.3. The molecule has 0 unspecified atom stereocenters. The maximum atomic E-state index is 13.8. The highest BCUT2D eigenvalue weighted by molar-refractivity contribution is 7.09. The molecular formula is C30H40N6O5S. The number of carbonyl (C=O) groups is 3. The van der Waals surface area contributed by atoms with E-state index in [4.69, 9.17) is 9.26 Å². The van der Waals surface area contributed by atoms with Gasteiger partial charge in [-0.3, -0.25) is 19.4 Å². The van der Waals surface area contributed by atoms with Gasteiger partial charge < -0.3 is 24.8 Å². The van der Waals surface area contributed by atoms with Gasteiger partial charge in [0.2, 0.25) is 23.5 Å². The zero-order valence-corrected chi connectivity index (χ0v) is 25.7. The first-order chi connectivity index (χ1) is 20.0. The number of nitrogens with zero attached hydrogens (tertiary/aromatic N) is 4. The summed E-state index contributed by atoms with van der Waals surface area (Å²) in [6, 6.07) is 5.49. The molecule has 2 aromatic heterocycles. The second-order valence-corrected chi connectivity index (χ2v) is 12.9. The van der Waals surface area contributed by atoms with Crippen LogP contribution in [0.2, 0.25) is 0 Å². The highest BCUT2D eigenvalue weighted by Crippen LogP contribution is 2.24. The molecule has 2 N–H and O–H groups in total. The minimum Gasteiger partial charge on any atom is -0.485 e. The zero-order chi connectivity index (χ0) is 30.3. The van der Waals surface area contributed by atoms with Gasteiger partial charge >= 0.3 is 0 Å². The summed E-state index contributed by atoms with van der Waals surface area (Å²) < 4.78 is 11.2. The largest absolute Gasteiger partial charge is 0.485 e. The molecule has 0 bridgehead atoms. The number of hydrogen-bond donors (Lipinski definition) is 2. The van der Waals surface area contributed by atoms with E-state index in [-0.39, 0.29) is 35.3 Å². The number of para-hydroxylation sites is 1. The van der Waals surface area contributed by atoms with Gasteiger partial charge in [0.05, 0.1) is 11.1 Å². The summed E-state index contributed by atoms with van der Waals surface area (Å²) in [6.07, 6.45) is 4.23. The Balaban J connectivity index is 1.41. The fraction of sp³-hybridized carbons (Fsp3) is 0.533. The molecule has 1 saturated heterocycles. The van der Waals surface area contributed by atoms with Gasteiger partial charge in [-0.1, -0.05) is 51.9 Å². The van der Waals surface area contributed by atoms with Crippen LogP contribution in [0, 0.1) is 5.92 Å². The quantitative estimate of drug-likeness (QED) is 0.321. The normalized spacial score (nSPS) is 16.0. The lowest BCUT2D eigenvalue weighted by molar-refractivity contribution is -0.140. The average molecular weight is 597 g/mol. The van der Waals surface area contributed by atoms with Crippen LogP contribution in [0.1, 0.15) is 80.8 Å². The van der Waals surface area contributed by atoms with E-state index in [1.807, 2.05) is 34.6 Å². The number of benzene rings is 1. The van der Waals surface area contributed by atoms with E-state index in [9.17, 15) is 14.4 Å². The molecular weight excluding hydrogens is 556 g/mol. The van der Waals surface area contributed by atoms with E-state index in [2.05, 4.69) is 25.8 Å². The number of amides is 3. The van der Waals surface area contributed by atoms with Gasteiger partial charge in [-0.15, -0.1) is 11.3 Å². The summed E-state index contributed by atoms with van der Waals surface area (Å²) in [4.78, 5) is 51.4. The SMILES string of the molecule is CC(C)C[C@@H](NC(=O)c1ccccc1OCc1noc(C(C)(C)C)n1)C(=O)N1CCC[C@@H]1C(=O)NCCc1cncs1. The molecule has 226 valence electrons. The Morgan fingerprint density at radius 1 is 1.21 bits per heavy atom. The van der Waals surface area contributed by atoms with Crippen molar-refractivity contribution >= 4 is 29.1 Å². The van der Waals surface area contributed by atoms with Crippen molar-refractivity contribution in [2.45, 2.75) is 84.4 Å². The Labute approximate surface area is 250 Å². The third kappa shape index (κ3) is 8.15. The van der Waals surface area contributed by atoms with Crippen LogP contribution in [0.3, 0.4) is 0 Å². The summed E-state index contributed by atoms with van der Waals surface area (Å²) >= 11 is 1.54. The molecule has 11 nitrogen and oxygen atoms in total. The molecule has 0 saturated carbocycles. The van der Waals surface area contributed by atoms with Crippen molar-refractivity contribution in [2.24, 2.45) is 5.92 Å². The predicted octanol–water partition coefficient (Wildman–Crippen LogP) is 3.90. The summed E-state index contributed by atoms with van der Waals surface area (Å²) in [5.41, 5.74) is 1.76. The van der Waals surface area contributed by atoms with Gasteiger partial charge in [-0.2, -0.15) is 4.98 Å². The minimum absolute atomic E-state index is 0.0196. The summed E-state index contributed by atoms with van der Waals surface area (Å²) in [5.74, 6) is 0.483. The molecule has 1 fully saturated rings. The van der Waals surface area contributed by atoms with E-state index in [1.54, 1.807) is 52.2 Å². The summed E-state index contributed by atoms with van der Waals surface area (Å²) in [5, 5.41) is 9.87. The van der Waals surface area contributed by atoms with Crippen LogP contribution in [-0.4, -0.2) is 62.9 Å². The van der Waals surface area contributed by atoms with E-state index in [0.29, 0.717) is 49.8 Å². The number of aromatic nitrogens is 3. The molecule has 1 aromatic carbocycles. The fourth-order valence-corrected chi connectivity index (χ4v) is 5.36. The van der Waals surface area contributed by atoms with Crippen molar-refractivity contribution in [3.8, 4) is 5.75 Å². The monoisotopic (exact) mass is 596 g/mol. The fourth-order valence-electron chi connectivity index (χ4n) is 4.76.